The number of ether oxygens (including phenoxy) is 2. The monoisotopic (exact) mass is 408 g/mol. The molecule has 0 saturated carbocycles. The Balaban J connectivity index is 2.03. The van der Waals surface area contributed by atoms with Crippen molar-refractivity contribution in [3.63, 3.8) is 0 Å². The van der Waals surface area contributed by atoms with Gasteiger partial charge >= 0.3 is 0 Å². The van der Waals surface area contributed by atoms with E-state index in [0.29, 0.717) is 19.1 Å². The van der Waals surface area contributed by atoms with E-state index in [1.54, 1.807) is 5.38 Å². The van der Waals surface area contributed by atoms with Gasteiger partial charge in [-0.15, -0.1) is 11.3 Å². The molecular formula is C18H24N4O5S. The van der Waals surface area contributed by atoms with Gasteiger partial charge in [-0.05, 0) is 0 Å². The number of thiazole rings is 1. The Kier molecular flexibility index (Phi) is 7.59. The summed E-state index contributed by atoms with van der Waals surface area (Å²) >= 11 is 1.13. The molecule has 2 aromatic rings. The number of aromatic hydroxyl groups is 1. The number of nitrogens with one attached hydrogen (secondary N) is 3. The molecule has 0 saturated heterocycles. The van der Waals surface area contributed by atoms with Gasteiger partial charge in [-0.25, -0.2) is 4.98 Å². The number of hydrogen-bond acceptors (Lipinski definition) is 8. The molecule has 28 heavy (non-hydrogen) atoms. The van der Waals surface area contributed by atoms with E-state index in [-0.39, 0.29) is 39.5 Å². The van der Waals surface area contributed by atoms with Crippen molar-refractivity contribution in [3.05, 3.63) is 28.8 Å². The van der Waals surface area contributed by atoms with E-state index in [9.17, 15) is 14.7 Å². The SMILES string of the molecule is COc1cc(C(=O)Nc2nc(C(=O)NCCNC(C)C)cs2)c(OC)cc1O. The molecule has 10 heteroatoms. The van der Waals surface area contributed by atoms with E-state index in [2.05, 4.69) is 20.9 Å². The highest BCUT2D eigenvalue weighted by atomic mass is 32.1. The molecule has 0 fully saturated rings. The van der Waals surface area contributed by atoms with Crippen molar-refractivity contribution in [1.82, 2.24) is 15.6 Å². The van der Waals surface area contributed by atoms with Gasteiger partial charge in [-0.2, -0.15) is 0 Å². The maximum absolute atomic E-state index is 12.6. The molecule has 0 aliphatic rings. The smallest absolute Gasteiger partial charge is 0.270 e. The fourth-order valence-electron chi connectivity index (χ4n) is 2.29. The molecule has 0 atom stereocenters. The highest BCUT2D eigenvalue weighted by Crippen LogP contribution is 2.34. The average molecular weight is 408 g/mol. The number of phenols is 1. The number of phenolic OH excluding ortho intramolecular Hbond substituents is 1. The van der Waals surface area contributed by atoms with Crippen molar-refractivity contribution in [2.75, 3.05) is 32.6 Å². The molecule has 2 rings (SSSR count). The molecule has 0 bridgehead atoms. The van der Waals surface area contributed by atoms with E-state index in [1.807, 2.05) is 13.8 Å². The van der Waals surface area contributed by atoms with Gasteiger partial charge in [0.2, 0.25) is 0 Å². The number of carbonyl (C=O) groups excluding carboxylic acids is 2. The van der Waals surface area contributed by atoms with Gasteiger partial charge in [0.1, 0.15) is 11.4 Å². The normalized spacial score (nSPS) is 10.6. The van der Waals surface area contributed by atoms with Crippen molar-refractivity contribution >= 4 is 28.3 Å². The third-order valence-corrected chi connectivity index (χ3v) is 4.42. The molecule has 152 valence electrons. The molecule has 1 heterocycles. The van der Waals surface area contributed by atoms with Crippen LogP contribution in [0.4, 0.5) is 5.13 Å². The predicted molar refractivity (Wildman–Crippen MR) is 107 cm³/mol. The fraction of sp³-hybridized carbons (Fsp3) is 0.389. The number of aromatic nitrogens is 1. The lowest BCUT2D eigenvalue weighted by Crippen LogP contribution is -2.34. The van der Waals surface area contributed by atoms with Gasteiger partial charge in [-0.3, -0.25) is 14.9 Å². The zero-order valence-electron chi connectivity index (χ0n) is 16.2. The summed E-state index contributed by atoms with van der Waals surface area (Å²) in [5.41, 5.74) is 0.387. The molecule has 1 aromatic carbocycles. The van der Waals surface area contributed by atoms with E-state index in [1.165, 1.54) is 26.4 Å². The molecule has 1 aromatic heterocycles. The quantitative estimate of drug-likeness (QED) is 0.467. The third kappa shape index (κ3) is 5.57. The maximum atomic E-state index is 12.6. The molecular weight excluding hydrogens is 384 g/mol. The minimum atomic E-state index is -0.502. The van der Waals surface area contributed by atoms with Crippen LogP contribution >= 0.6 is 11.3 Å². The van der Waals surface area contributed by atoms with Crippen molar-refractivity contribution in [2.45, 2.75) is 19.9 Å². The van der Waals surface area contributed by atoms with Gasteiger partial charge in [-0.1, -0.05) is 13.8 Å². The van der Waals surface area contributed by atoms with Gasteiger partial charge in [0, 0.05) is 36.6 Å². The van der Waals surface area contributed by atoms with Crippen LogP contribution in [0.1, 0.15) is 34.7 Å². The van der Waals surface area contributed by atoms with Gasteiger partial charge in [0.25, 0.3) is 11.8 Å². The first-order chi connectivity index (χ1) is 13.3. The maximum Gasteiger partial charge on any atom is 0.270 e. The first-order valence-electron chi connectivity index (χ1n) is 8.59. The van der Waals surface area contributed by atoms with Crippen molar-refractivity contribution < 1.29 is 24.2 Å². The van der Waals surface area contributed by atoms with E-state index in [0.717, 1.165) is 11.3 Å². The molecule has 9 nitrogen and oxygen atoms in total. The highest BCUT2D eigenvalue weighted by Gasteiger charge is 2.19. The van der Waals surface area contributed by atoms with Gasteiger partial charge in [0.15, 0.2) is 16.6 Å². The Morgan fingerprint density at radius 3 is 2.50 bits per heavy atom. The number of benzene rings is 1. The van der Waals surface area contributed by atoms with Crippen molar-refractivity contribution in [1.29, 1.82) is 0 Å². The van der Waals surface area contributed by atoms with Crippen LogP contribution in [0, 0.1) is 0 Å². The van der Waals surface area contributed by atoms with E-state index >= 15 is 0 Å². The number of anilines is 1. The number of methoxy groups -OCH3 is 2. The summed E-state index contributed by atoms with van der Waals surface area (Å²) in [6.07, 6.45) is 0. The number of carbonyl (C=O) groups is 2. The van der Waals surface area contributed by atoms with Crippen LogP contribution in [-0.2, 0) is 0 Å². The largest absolute Gasteiger partial charge is 0.504 e. The Hall–Kier alpha value is -2.85. The number of hydrogen-bond donors (Lipinski definition) is 4. The number of rotatable bonds is 9. The lowest BCUT2D eigenvalue weighted by molar-refractivity contribution is 0.0947. The molecule has 4 N–H and O–H groups in total. The number of nitrogens with zero attached hydrogens (tertiary/aromatic N) is 1. The lowest BCUT2D eigenvalue weighted by atomic mass is 10.1. The Morgan fingerprint density at radius 1 is 1.14 bits per heavy atom. The predicted octanol–water partition coefficient (Wildman–Crippen LogP) is 1.85. The Bertz CT molecular complexity index is 837. The Morgan fingerprint density at radius 2 is 1.86 bits per heavy atom. The first kappa shape index (κ1) is 21.5. The second-order valence-corrected chi connectivity index (χ2v) is 6.94. The van der Waals surface area contributed by atoms with Crippen LogP contribution in [0.3, 0.4) is 0 Å². The van der Waals surface area contributed by atoms with Crippen molar-refractivity contribution in [2.24, 2.45) is 0 Å². The van der Waals surface area contributed by atoms with Crippen LogP contribution < -0.4 is 25.4 Å². The van der Waals surface area contributed by atoms with Crippen molar-refractivity contribution in [3.8, 4) is 17.2 Å². The van der Waals surface area contributed by atoms with Crippen LogP contribution in [-0.4, -0.2) is 55.3 Å². The van der Waals surface area contributed by atoms with E-state index in [4.69, 9.17) is 9.47 Å². The fourth-order valence-corrected chi connectivity index (χ4v) is 2.97. The molecule has 2 amide bonds. The number of amides is 2. The summed E-state index contributed by atoms with van der Waals surface area (Å²) < 4.78 is 10.2. The molecule has 0 spiro atoms. The molecule has 0 unspecified atom stereocenters. The minimum Gasteiger partial charge on any atom is -0.504 e. The summed E-state index contributed by atoms with van der Waals surface area (Å²) in [5.74, 6) is -0.636. The van der Waals surface area contributed by atoms with E-state index < -0.39 is 5.91 Å². The second-order valence-electron chi connectivity index (χ2n) is 6.08. The summed E-state index contributed by atoms with van der Waals surface area (Å²) in [4.78, 5) is 28.8. The van der Waals surface area contributed by atoms with Crippen LogP contribution in [0.25, 0.3) is 0 Å². The van der Waals surface area contributed by atoms with Crippen LogP contribution in [0.15, 0.2) is 17.5 Å². The third-order valence-electron chi connectivity index (χ3n) is 3.67. The minimum absolute atomic E-state index is 0.139. The van der Waals surface area contributed by atoms with Gasteiger partial charge in [0.05, 0.1) is 19.8 Å². The van der Waals surface area contributed by atoms with Crippen LogP contribution in [0.5, 0.6) is 17.2 Å². The topological polar surface area (TPSA) is 122 Å². The van der Waals surface area contributed by atoms with Crippen LogP contribution in [0.2, 0.25) is 0 Å². The zero-order chi connectivity index (χ0) is 20.7. The molecule has 0 radical (unpaired) electrons. The summed E-state index contributed by atoms with van der Waals surface area (Å²) in [5, 5.41) is 20.2. The second kappa shape index (κ2) is 9.90. The Labute approximate surface area is 167 Å². The van der Waals surface area contributed by atoms with Gasteiger partial charge < -0.3 is 25.2 Å². The lowest BCUT2D eigenvalue weighted by Gasteiger charge is -2.11. The average Bonchev–Trinajstić information content (AvgIpc) is 3.13. The highest BCUT2D eigenvalue weighted by molar-refractivity contribution is 7.14. The summed E-state index contributed by atoms with van der Waals surface area (Å²) in [6, 6.07) is 3.00. The molecule has 0 aliphatic carbocycles. The summed E-state index contributed by atoms with van der Waals surface area (Å²) in [6.45, 7) is 5.17. The summed E-state index contributed by atoms with van der Waals surface area (Å²) in [7, 11) is 2.77. The molecule has 0 aliphatic heterocycles. The first-order valence-corrected chi connectivity index (χ1v) is 9.47. The zero-order valence-corrected chi connectivity index (χ0v) is 17.0. The standard InChI is InChI=1S/C18H24N4O5S/c1-10(2)19-5-6-20-17(25)12-9-28-18(21-12)22-16(24)11-7-15(27-4)13(23)8-14(11)26-3/h7-10,19,23H,5-6H2,1-4H3,(H,20,25)(H,21,22,24).